The van der Waals surface area contributed by atoms with Crippen LogP contribution in [-0.4, -0.2) is 81.1 Å². The van der Waals surface area contributed by atoms with Gasteiger partial charge in [-0.3, -0.25) is 9.59 Å². The summed E-state index contributed by atoms with van der Waals surface area (Å²) >= 11 is 6.08. The van der Waals surface area contributed by atoms with Gasteiger partial charge in [0.1, 0.15) is 5.75 Å². The number of likely N-dealkylation sites (N-methyl/N-ethyl adjacent to an activating group) is 1. The second kappa shape index (κ2) is 10.3. The van der Waals surface area contributed by atoms with Crippen LogP contribution in [0, 0.1) is 5.92 Å². The standard InChI is InChI=1S/C21H31ClN4O3/c1-3-24-9-11-25(12-10-24)8-4-7-23-21(28)16-13-20(27)26(15-16)18-14-17(22)5-6-19(18)29-2/h5-6,14,16H,3-4,7-13,15H2,1-2H3,(H,23,28). The smallest absolute Gasteiger partial charge is 0.227 e. The molecule has 1 N–H and O–H groups in total. The van der Waals surface area contributed by atoms with E-state index in [-0.39, 0.29) is 24.2 Å². The number of carbonyl (C=O) groups excluding carboxylic acids is 2. The summed E-state index contributed by atoms with van der Waals surface area (Å²) in [6.45, 7) is 9.71. The molecule has 1 aromatic carbocycles. The van der Waals surface area contributed by atoms with E-state index in [4.69, 9.17) is 16.3 Å². The van der Waals surface area contributed by atoms with Crippen molar-refractivity contribution in [2.75, 3.05) is 64.4 Å². The zero-order valence-corrected chi connectivity index (χ0v) is 18.1. The molecule has 0 spiro atoms. The van der Waals surface area contributed by atoms with Crippen molar-refractivity contribution >= 4 is 29.1 Å². The number of carbonyl (C=O) groups is 2. The number of halogens is 1. The van der Waals surface area contributed by atoms with Crippen LogP contribution >= 0.6 is 11.6 Å². The van der Waals surface area contributed by atoms with Crippen molar-refractivity contribution in [3.05, 3.63) is 23.2 Å². The first-order chi connectivity index (χ1) is 14.0. The van der Waals surface area contributed by atoms with Gasteiger partial charge >= 0.3 is 0 Å². The highest BCUT2D eigenvalue weighted by atomic mass is 35.5. The zero-order chi connectivity index (χ0) is 20.8. The second-order valence-electron chi connectivity index (χ2n) is 7.64. The highest BCUT2D eigenvalue weighted by molar-refractivity contribution is 6.31. The van der Waals surface area contributed by atoms with Gasteiger partial charge in [0.2, 0.25) is 11.8 Å². The Balaban J connectivity index is 1.44. The second-order valence-corrected chi connectivity index (χ2v) is 8.08. The van der Waals surface area contributed by atoms with Crippen LogP contribution in [0.1, 0.15) is 19.8 Å². The summed E-state index contributed by atoms with van der Waals surface area (Å²) in [6.07, 6.45) is 1.13. The van der Waals surface area contributed by atoms with Crippen molar-refractivity contribution in [1.29, 1.82) is 0 Å². The molecule has 3 rings (SSSR count). The minimum Gasteiger partial charge on any atom is -0.495 e. The number of amides is 2. The van der Waals surface area contributed by atoms with E-state index in [0.29, 0.717) is 29.5 Å². The maximum absolute atomic E-state index is 12.6. The van der Waals surface area contributed by atoms with Crippen LogP contribution < -0.4 is 15.0 Å². The van der Waals surface area contributed by atoms with Gasteiger partial charge < -0.3 is 24.8 Å². The van der Waals surface area contributed by atoms with E-state index in [9.17, 15) is 9.59 Å². The highest BCUT2D eigenvalue weighted by Crippen LogP contribution is 2.35. The number of nitrogens with zero attached hydrogens (tertiary/aromatic N) is 3. The third kappa shape index (κ3) is 5.62. The van der Waals surface area contributed by atoms with Gasteiger partial charge in [0.15, 0.2) is 0 Å². The van der Waals surface area contributed by atoms with Crippen molar-refractivity contribution in [3.63, 3.8) is 0 Å². The molecule has 2 saturated heterocycles. The van der Waals surface area contributed by atoms with Gasteiger partial charge in [0.25, 0.3) is 0 Å². The molecule has 2 fully saturated rings. The number of piperazine rings is 1. The van der Waals surface area contributed by atoms with E-state index in [2.05, 4.69) is 22.0 Å². The number of hydrogen-bond donors (Lipinski definition) is 1. The first-order valence-corrected chi connectivity index (χ1v) is 10.8. The predicted octanol–water partition coefficient (Wildman–Crippen LogP) is 1.85. The number of nitrogens with one attached hydrogen (secondary N) is 1. The van der Waals surface area contributed by atoms with E-state index in [1.165, 1.54) is 0 Å². The van der Waals surface area contributed by atoms with Crippen LogP contribution in [0.3, 0.4) is 0 Å². The molecule has 1 unspecified atom stereocenters. The van der Waals surface area contributed by atoms with Crippen molar-refractivity contribution in [1.82, 2.24) is 15.1 Å². The normalized spacial score (nSPS) is 20.9. The molecule has 0 aromatic heterocycles. The molecule has 2 amide bonds. The topological polar surface area (TPSA) is 65.1 Å². The maximum Gasteiger partial charge on any atom is 0.227 e. The largest absolute Gasteiger partial charge is 0.495 e. The van der Waals surface area contributed by atoms with Gasteiger partial charge in [-0.15, -0.1) is 0 Å². The molecule has 0 saturated carbocycles. The average Bonchev–Trinajstić information content (AvgIpc) is 3.13. The van der Waals surface area contributed by atoms with Crippen LogP contribution in [0.5, 0.6) is 5.75 Å². The van der Waals surface area contributed by atoms with E-state index < -0.39 is 0 Å². The Morgan fingerprint density at radius 1 is 1.24 bits per heavy atom. The van der Waals surface area contributed by atoms with Gasteiger partial charge in [-0.05, 0) is 37.7 Å². The van der Waals surface area contributed by atoms with E-state index in [1.807, 2.05) is 0 Å². The number of rotatable bonds is 8. The summed E-state index contributed by atoms with van der Waals surface area (Å²) in [7, 11) is 1.56. The quantitative estimate of drug-likeness (QED) is 0.648. The average molecular weight is 423 g/mol. The number of anilines is 1. The third-order valence-electron chi connectivity index (χ3n) is 5.79. The maximum atomic E-state index is 12.6. The Hall–Kier alpha value is -1.83. The van der Waals surface area contributed by atoms with Crippen molar-refractivity contribution in [2.24, 2.45) is 5.92 Å². The lowest BCUT2D eigenvalue weighted by Crippen LogP contribution is -2.46. The minimum atomic E-state index is -0.348. The molecule has 7 nitrogen and oxygen atoms in total. The Morgan fingerprint density at radius 2 is 1.97 bits per heavy atom. The summed E-state index contributed by atoms with van der Waals surface area (Å²) in [5.41, 5.74) is 0.617. The lowest BCUT2D eigenvalue weighted by atomic mass is 10.1. The van der Waals surface area contributed by atoms with E-state index in [1.54, 1.807) is 30.2 Å². The van der Waals surface area contributed by atoms with E-state index in [0.717, 1.165) is 45.7 Å². The molecule has 1 atom stereocenters. The summed E-state index contributed by atoms with van der Waals surface area (Å²) in [4.78, 5) is 31.6. The van der Waals surface area contributed by atoms with Crippen molar-refractivity contribution in [2.45, 2.75) is 19.8 Å². The fourth-order valence-corrected chi connectivity index (χ4v) is 4.14. The Bertz CT molecular complexity index is 722. The number of methoxy groups -OCH3 is 1. The summed E-state index contributed by atoms with van der Waals surface area (Å²) in [5.74, 6) is 0.0865. The van der Waals surface area contributed by atoms with Gasteiger partial charge in [0.05, 0.1) is 18.7 Å². The Kier molecular flexibility index (Phi) is 7.75. The monoisotopic (exact) mass is 422 g/mol. The fraction of sp³-hybridized carbons (Fsp3) is 0.619. The van der Waals surface area contributed by atoms with Gasteiger partial charge in [0, 0.05) is 50.7 Å². The Morgan fingerprint density at radius 3 is 2.66 bits per heavy atom. The van der Waals surface area contributed by atoms with Crippen molar-refractivity contribution < 1.29 is 14.3 Å². The number of benzene rings is 1. The molecule has 0 aliphatic carbocycles. The van der Waals surface area contributed by atoms with Crippen LogP contribution in [0.25, 0.3) is 0 Å². The lowest BCUT2D eigenvalue weighted by molar-refractivity contribution is -0.126. The molecule has 0 bridgehead atoms. The minimum absolute atomic E-state index is 0.0577. The zero-order valence-electron chi connectivity index (χ0n) is 17.3. The van der Waals surface area contributed by atoms with Crippen LogP contribution in [-0.2, 0) is 9.59 Å². The summed E-state index contributed by atoms with van der Waals surface area (Å²) in [6, 6.07) is 5.16. The molecule has 8 heteroatoms. The fourth-order valence-electron chi connectivity index (χ4n) is 3.98. The van der Waals surface area contributed by atoms with E-state index >= 15 is 0 Å². The molecular formula is C21H31ClN4O3. The predicted molar refractivity (Wildman–Crippen MR) is 115 cm³/mol. The van der Waals surface area contributed by atoms with Gasteiger partial charge in [-0.25, -0.2) is 0 Å². The van der Waals surface area contributed by atoms with Crippen LogP contribution in [0.2, 0.25) is 5.02 Å². The van der Waals surface area contributed by atoms with Gasteiger partial charge in [-0.2, -0.15) is 0 Å². The first-order valence-electron chi connectivity index (χ1n) is 10.4. The third-order valence-corrected chi connectivity index (χ3v) is 6.03. The highest BCUT2D eigenvalue weighted by Gasteiger charge is 2.36. The molecule has 160 valence electrons. The number of hydrogen-bond acceptors (Lipinski definition) is 5. The Labute approximate surface area is 177 Å². The molecule has 1 aromatic rings. The van der Waals surface area contributed by atoms with Crippen LogP contribution in [0.15, 0.2) is 18.2 Å². The summed E-state index contributed by atoms with van der Waals surface area (Å²) < 4.78 is 5.35. The first kappa shape index (κ1) is 21.9. The SMILES string of the molecule is CCN1CCN(CCCNC(=O)C2CC(=O)N(c3cc(Cl)ccc3OC)C2)CC1. The van der Waals surface area contributed by atoms with Crippen molar-refractivity contribution in [3.8, 4) is 5.75 Å². The molecule has 2 aliphatic heterocycles. The molecule has 2 heterocycles. The molecule has 2 aliphatic rings. The summed E-state index contributed by atoms with van der Waals surface area (Å²) in [5, 5.41) is 3.53. The number of ether oxygens (including phenoxy) is 1. The van der Waals surface area contributed by atoms with Crippen LogP contribution in [0.4, 0.5) is 5.69 Å². The molecule has 29 heavy (non-hydrogen) atoms. The van der Waals surface area contributed by atoms with Gasteiger partial charge in [-0.1, -0.05) is 18.5 Å². The molecule has 0 radical (unpaired) electrons. The lowest BCUT2D eigenvalue weighted by Gasteiger charge is -2.34. The molecular weight excluding hydrogens is 392 g/mol.